The lowest BCUT2D eigenvalue weighted by Crippen LogP contribution is -2.32. The van der Waals surface area contributed by atoms with Crippen molar-refractivity contribution in [1.82, 2.24) is 5.32 Å². The fraction of sp³-hybridized carbons (Fsp3) is 0.471. The molecule has 1 saturated carbocycles. The number of hydrogen-bond acceptors (Lipinski definition) is 3. The van der Waals surface area contributed by atoms with Gasteiger partial charge in [0.1, 0.15) is 0 Å². The van der Waals surface area contributed by atoms with Crippen molar-refractivity contribution < 1.29 is 19.5 Å². The minimum atomic E-state index is -0.839. The summed E-state index contributed by atoms with van der Waals surface area (Å²) in [5.41, 5.74) is 1.70. The van der Waals surface area contributed by atoms with E-state index in [9.17, 15) is 14.4 Å². The Balaban J connectivity index is 1.74. The van der Waals surface area contributed by atoms with Crippen molar-refractivity contribution in [2.45, 2.75) is 32.6 Å². The van der Waals surface area contributed by atoms with Crippen LogP contribution in [0.1, 0.15) is 31.2 Å². The molecule has 1 aromatic rings. The van der Waals surface area contributed by atoms with Crippen molar-refractivity contribution in [1.29, 1.82) is 0 Å². The van der Waals surface area contributed by atoms with Crippen LogP contribution in [0.2, 0.25) is 0 Å². The lowest BCUT2D eigenvalue weighted by atomic mass is 10.0. The maximum Gasteiger partial charge on any atom is 0.306 e. The van der Waals surface area contributed by atoms with Crippen LogP contribution in [0.5, 0.6) is 0 Å². The molecule has 0 spiro atoms. The third kappa shape index (κ3) is 5.06. The van der Waals surface area contributed by atoms with Crippen LogP contribution in [0.15, 0.2) is 22.7 Å². The van der Waals surface area contributed by atoms with E-state index in [1.807, 2.05) is 25.1 Å². The second-order valence-corrected chi connectivity index (χ2v) is 7.01. The number of halogens is 1. The Morgan fingerprint density at radius 1 is 1.25 bits per heavy atom. The number of aliphatic carboxylic acids is 1. The van der Waals surface area contributed by atoms with Gasteiger partial charge < -0.3 is 15.7 Å². The van der Waals surface area contributed by atoms with E-state index in [1.165, 1.54) is 0 Å². The molecule has 0 saturated heterocycles. The fourth-order valence-corrected chi connectivity index (χ4v) is 3.19. The van der Waals surface area contributed by atoms with Crippen LogP contribution in [0, 0.1) is 18.8 Å². The first-order valence-corrected chi connectivity index (χ1v) is 8.72. The lowest BCUT2D eigenvalue weighted by molar-refractivity contribution is -0.141. The predicted octanol–water partition coefficient (Wildman–Crippen LogP) is 2.70. The van der Waals surface area contributed by atoms with E-state index in [1.54, 1.807) is 0 Å². The highest BCUT2D eigenvalue weighted by Gasteiger charge is 2.33. The smallest absolute Gasteiger partial charge is 0.306 e. The maximum absolute atomic E-state index is 12.0. The minimum absolute atomic E-state index is 0.162. The number of aryl methyl sites for hydroxylation is 1. The molecule has 2 amide bonds. The third-order valence-corrected chi connectivity index (χ3v) is 4.77. The summed E-state index contributed by atoms with van der Waals surface area (Å²) >= 11 is 3.36. The highest BCUT2D eigenvalue weighted by Crippen LogP contribution is 2.31. The van der Waals surface area contributed by atoms with Crippen LogP contribution in [0.4, 0.5) is 5.69 Å². The molecule has 1 aliphatic rings. The van der Waals surface area contributed by atoms with Gasteiger partial charge in [-0.05, 0) is 43.9 Å². The summed E-state index contributed by atoms with van der Waals surface area (Å²) in [6.45, 7) is 2.15. The topological polar surface area (TPSA) is 95.5 Å². The molecular weight excluding hydrogens is 376 g/mol. The zero-order chi connectivity index (χ0) is 17.7. The summed E-state index contributed by atoms with van der Waals surface area (Å²) in [7, 11) is 0. The minimum Gasteiger partial charge on any atom is -0.481 e. The largest absolute Gasteiger partial charge is 0.481 e. The van der Waals surface area contributed by atoms with Crippen LogP contribution in [-0.2, 0) is 14.4 Å². The molecule has 2 atom stereocenters. The predicted molar refractivity (Wildman–Crippen MR) is 93.6 cm³/mol. The molecule has 1 aliphatic carbocycles. The summed E-state index contributed by atoms with van der Waals surface area (Å²) in [6.07, 6.45) is 1.68. The molecule has 0 aromatic heterocycles. The second kappa shape index (κ2) is 8.28. The van der Waals surface area contributed by atoms with Gasteiger partial charge in [0.15, 0.2) is 0 Å². The van der Waals surface area contributed by atoms with Gasteiger partial charge in [-0.2, -0.15) is 0 Å². The van der Waals surface area contributed by atoms with E-state index in [0.717, 1.165) is 15.7 Å². The monoisotopic (exact) mass is 396 g/mol. The second-order valence-electron chi connectivity index (χ2n) is 6.09. The van der Waals surface area contributed by atoms with Gasteiger partial charge in [-0.25, -0.2) is 0 Å². The molecule has 7 heteroatoms. The maximum atomic E-state index is 12.0. The van der Waals surface area contributed by atoms with Gasteiger partial charge in [0.05, 0.1) is 5.92 Å². The van der Waals surface area contributed by atoms with Gasteiger partial charge in [0.2, 0.25) is 11.8 Å². The quantitative estimate of drug-likeness (QED) is 0.688. The fourth-order valence-electron chi connectivity index (χ4n) is 2.83. The molecule has 130 valence electrons. The number of carboxylic acids is 1. The molecule has 0 heterocycles. The molecule has 24 heavy (non-hydrogen) atoms. The summed E-state index contributed by atoms with van der Waals surface area (Å²) in [5, 5.41) is 14.5. The molecule has 3 N–H and O–H groups in total. The average Bonchev–Trinajstić information content (AvgIpc) is 3.01. The first-order chi connectivity index (χ1) is 11.4. The Morgan fingerprint density at radius 3 is 2.62 bits per heavy atom. The van der Waals surface area contributed by atoms with Crippen molar-refractivity contribution in [3.05, 3.63) is 28.2 Å². The van der Waals surface area contributed by atoms with Gasteiger partial charge in [-0.3, -0.25) is 14.4 Å². The SMILES string of the molecule is Cc1ccc(Br)cc1NC(=O)CCNC(=O)[C@@H]1CC[C@H](C(=O)O)C1. The third-order valence-electron chi connectivity index (χ3n) is 4.28. The first kappa shape index (κ1) is 18.4. The number of carbonyl (C=O) groups is 3. The number of rotatable bonds is 6. The first-order valence-electron chi connectivity index (χ1n) is 7.93. The number of hydrogen-bond donors (Lipinski definition) is 3. The highest BCUT2D eigenvalue weighted by molar-refractivity contribution is 9.10. The Hall–Kier alpha value is -1.89. The molecule has 1 fully saturated rings. The van der Waals surface area contributed by atoms with Crippen molar-refractivity contribution in [3.63, 3.8) is 0 Å². The van der Waals surface area contributed by atoms with E-state index in [0.29, 0.717) is 19.3 Å². The van der Waals surface area contributed by atoms with Gasteiger partial charge in [0.25, 0.3) is 0 Å². The van der Waals surface area contributed by atoms with Crippen molar-refractivity contribution >= 4 is 39.4 Å². The summed E-state index contributed by atoms with van der Waals surface area (Å²) < 4.78 is 0.880. The number of benzene rings is 1. The van der Waals surface area contributed by atoms with Gasteiger partial charge >= 0.3 is 5.97 Å². The van der Waals surface area contributed by atoms with Crippen LogP contribution < -0.4 is 10.6 Å². The average molecular weight is 397 g/mol. The van der Waals surface area contributed by atoms with Gasteiger partial charge in [-0.15, -0.1) is 0 Å². The molecule has 0 aliphatic heterocycles. The van der Waals surface area contributed by atoms with Gasteiger partial charge in [-0.1, -0.05) is 22.0 Å². The normalized spacial score (nSPS) is 19.8. The van der Waals surface area contributed by atoms with Crippen LogP contribution in [0.25, 0.3) is 0 Å². The zero-order valence-corrected chi connectivity index (χ0v) is 15.1. The van der Waals surface area contributed by atoms with Crippen LogP contribution in [0.3, 0.4) is 0 Å². The van der Waals surface area contributed by atoms with E-state index in [-0.39, 0.29) is 30.7 Å². The molecule has 0 radical (unpaired) electrons. The molecule has 2 rings (SSSR count). The summed E-state index contributed by atoms with van der Waals surface area (Å²) in [6, 6.07) is 5.63. The lowest BCUT2D eigenvalue weighted by Gasteiger charge is -2.12. The Labute approximate surface area is 149 Å². The standard InChI is InChI=1S/C17H21BrN2O4/c1-10-2-5-13(18)9-14(10)20-15(21)6-7-19-16(22)11-3-4-12(8-11)17(23)24/h2,5,9,11-12H,3-4,6-8H2,1H3,(H,19,22)(H,20,21)(H,23,24)/t11-,12+/m1/s1. The van der Waals surface area contributed by atoms with Crippen LogP contribution in [-0.4, -0.2) is 29.4 Å². The van der Waals surface area contributed by atoms with E-state index in [2.05, 4.69) is 26.6 Å². The highest BCUT2D eigenvalue weighted by atomic mass is 79.9. The molecular formula is C17H21BrN2O4. The molecule has 6 nitrogen and oxygen atoms in total. The summed E-state index contributed by atoms with van der Waals surface area (Å²) in [5.74, 6) is -1.87. The zero-order valence-electron chi connectivity index (χ0n) is 13.5. The Bertz CT molecular complexity index is 647. The molecule has 0 unspecified atom stereocenters. The number of carboxylic acid groups (broad SMARTS) is 1. The van der Waals surface area contributed by atoms with Crippen molar-refractivity contribution in [2.24, 2.45) is 11.8 Å². The van der Waals surface area contributed by atoms with E-state index >= 15 is 0 Å². The van der Waals surface area contributed by atoms with E-state index < -0.39 is 11.9 Å². The molecule has 1 aromatic carbocycles. The Morgan fingerprint density at radius 2 is 1.96 bits per heavy atom. The number of carbonyl (C=O) groups excluding carboxylic acids is 2. The Kier molecular flexibility index (Phi) is 6.36. The van der Waals surface area contributed by atoms with Crippen LogP contribution >= 0.6 is 15.9 Å². The molecule has 0 bridgehead atoms. The van der Waals surface area contributed by atoms with Crippen molar-refractivity contribution in [3.8, 4) is 0 Å². The van der Waals surface area contributed by atoms with Crippen molar-refractivity contribution in [2.75, 3.05) is 11.9 Å². The number of anilines is 1. The van der Waals surface area contributed by atoms with Gasteiger partial charge in [0, 0.05) is 29.0 Å². The summed E-state index contributed by atoms with van der Waals surface area (Å²) in [4.78, 5) is 34.9. The van der Waals surface area contributed by atoms with E-state index in [4.69, 9.17) is 5.11 Å². The number of nitrogens with one attached hydrogen (secondary N) is 2. The number of amides is 2.